The van der Waals surface area contributed by atoms with Gasteiger partial charge in [-0.1, -0.05) is 23.5 Å². The predicted octanol–water partition coefficient (Wildman–Crippen LogP) is 2.51. The average molecular weight is 374 g/mol. The molecule has 3 rings (SSSR count). The van der Waals surface area contributed by atoms with Gasteiger partial charge in [-0.25, -0.2) is 15.0 Å². The van der Waals surface area contributed by atoms with E-state index in [2.05, 4.69) is 20.3 Å². The van der Waals surface area contributed by atoms with Crippen molar-refractivity contribution >= 4 is 44.0 Å². The Kier molecular flexibility index (Phi) is 6.16. The summed E-state index contributed by atoms with van der Waals surface area (Å²) >= 11 is 1.55. The number of nitrogens with one attached hydrogen (secondary N) is 1. The molecule has 0 spiro atoms. The van der Waals surface area contributed by atoms with Crippen LogP contribution in [-0.4, -0.2) is 55.5 Å². The molecule has 0 aliphatic rings. The zero-order valence-electron chi connectivity index (χ0n) is 14.8. The smallest absolute Gasteiger partial charge is 0.189 e. The lowest BCUT2D eigenvalue weighted by atomic mass is 10.3. The summed E-state index contributed by atoms with van der Waals surface area (Å²) < 4.78 is 11.5. The fraction of sp³-hybridized carbons (Fsp3) is 0.353. The van der Waals surface area contributed by atoms with Crippen LogP contribution in [0, 0.1) is 0 Å². The van der Waals surface area contributed by atoms with Gasteiger partial charge in [0.05, 0.1) is 23.4 Å². The van der Waals surface area contributed by atoms with Crippen LogP contribution in [-0.2, 0) is 9.47 Å². The zero-order valence-corrected chi connectivity index (χ0v) is 15.6. The number of para-hydroxylation sites is 1. The molecular formula is C17H22N6O2S. The maximum Gasteiger partial charge on any atom is 0.189 e. The topological polar surface area (TPSA) is 98.4 Å². The largest absolute Gasteiger partial charge is 0.393 e. The van der Waals surface area contributed by atoms with Crippen LogP contribution in [0.4, 0.5) is 22.5 Å². The number of fused-ring (bicyclic) bond motifs is 1. The molecule has 9 heteroatoms. The van der Waals surface area contributed by atoms with Crippen LogP contribution in [0.25, 0.3) is 10.2 Å². The maximum absolute atomic E-state index is 6.34. The molecule has 0 saturated heterocycles. The van der Waals surface area contributed by atoms with Crippen LogP contribution in [0.1, 0.15) is 0 Å². The number of rotatable bonds is 9. The third-order valence-electron chi connectivity index (χ3n) is 3.81. The van der Waals surface area contributed by atoms with Gasteiger partial charge in [-0.2, -0.15) is 0 Å². The molecule has 3 aromatic rings. The van der Waals surface area contributed by atoms with E-state index in [1.165, 1.54) is 6.33 Å². The van der Waals surface area contributed by atoms with E-state index in [9.17, 15) is 0 Å². The molecule has 8 nitrogen and oxygen atoms in total. The standard InChI is InChI=1S/C17H22N6O2S/c1-24-9-7-23(8-10-25-2)16-14(18)15(19-11-20-16)22-17-21-12-5-3-4-6-13(12)26-17/h3-6,11H,7-10,18H2,1-2H3,(H,19,20,21,22). The van der Waals surface area contributed by atoms with Gasteiger partial charge in [-0.15, -0.1) is 0 Å². The number of anilines is 4. The van der Waals surface area contributed by atoms with Gasteiger partial charge in [0.2, 0.25) is 0 Å². The highest BCUT2D eigenvalue weighted by atomic mass is 32.1. The summed E-state index contributed by atoms with van der Waals surface area (Å²) in [4.78, 5) is 15.2. The Hall–Kier alpha value is -2.49. The molecule has 3 N–H and O–H groups in total. The fourth-order valence-corrected chi connectivity index (χ4v) is 3.36. The first-order valence-electron chi connectivity index (χ1n) is 8.19. The second-order valence-corrected chi connectivity index (χ2v) is 6.57. The van der Waals surface area contributed by atoms with Gasteiger partial charge in [-0.3, -0.25) is 0 Å². The second-order valence-electron chi connectivity index (χ2n) is 5.54. The molecule has 0 bridgehead atoms. The van der Waals surface area contributed by atoms with E-state index in [1.807, 2.05) is 29.2 Å². The summed E-state index contributed by atoms with van der Waals surface area (Å²) in [6.07, 6.45) is 1.49. The number of nitrogens with zero attached hydrogens (tertiary/aromatic N) is 4. The van der Waals surface area contributed by atoms with Crippen LogP contribution >= 0.6 is 11.3 Å². The third kappa shape index (κ3) is 4.18. The van der Waals surface area contributed by atoms with Crippen molar-refractivity contribution in [2.45, 2.75) is 0 Å². The molecule has 0 atom stereocenters. The maximum atomic E-state index is 6.34. The molecule has 2 aromatic heterocycles. The Bertz CT molecular complexity index is 815. The quantitative estimate of drug-likeness (QED) is 0.589. The van der Waals surface area contributed by atoms with Crippen molar-refractivity contribution in [2.75, 3.05) is 56.5 Å². The van der Waals surface area contributed by atoms with Crippen molar-refractivity contribution in [3.05, 3.63) is 30.6 Å². The van der Waals surface area contributed by atoms with Gasteiger partial charge in [0.25, 0.3) is 0 Å². The summed E-state index contributed by atoms with van der Waals surface area (Å²) in [5, 5.41) is 3.95. The number of thiazole rings is 1. The fourth-order valence-electron chi connectivity index (χ4n) is 2.49. The predicted molar refractivity (Wildman–Crippen MR) is 105 cm³/mol. The first kappa shape index (κ1) is 18.3. The normalized spacial score (nSPS) is 11.0. The molecule has 0 aliphatic heterocycles. The molecule has 26 heavy (non-hydrogen) atoms. The molecule has 0 radical (unpaired) electrons. The minimum Gasteiger partial charge on any atom is -0.393 e. The number of hydrogen-bond donors (Lipinski definition) is 2. The first-order valence-corrected chi connectivity index (χ1v) is 9.00. The molecule has 0 aliphatic carbocycles. The van der Waals surface area contributed by atoms with Gasteiger partial charge >= 0.3 is 0 Å². The SMILES string of the molecule is COCCN(CCOC)c1ncnc(Nc2nc3ccccc3s2)c1N. The van der Waals surface area contributed by atoms with E-state index >= 15 is 0 Å². The number of nitrogens with two attached hydrogens (primary N) is 1. The zero-order chi connectivity index (χ0) is 18.4. The van der Waals surface area contributed by atoms with Crippen molar-refractivity contribution in [2.24, 2.45) is 0 Å². The number of methoxy groups -OCH3 is 2. The molecule has 0 amide bonds. The Labute approximate surface area is 156 Å². The number of ether oxygens (including phenoxy) is 2. The number of aromatic nitrogens is 3. The Morgan fingerprint density at radius 1 is 1.12 bits per heavy atom. The summed E-state index contributed by atoms with van der Waals surface area (Å²) in [6.45, 7) is 2.44. The lowest BCUT2D eigenvalue weighted by Gasteiger charge is -2.24. The second kappa shape index (κ2) is 8.75. The van der Waals surface area contributed by atoms with Crippen molar-refractivity contribution in [1.82, 2.24) is 15.0 Å². The molecule has 0 saturated carbocycles. The number of nitrogen functional groups attached to an aromatic ring is 1. The van der Waals surface area contributed by atoms with E-state index in [1.54, 1.807) is 25.6 Å². The van der Waals surface area contributed by atoms with Crippen molar-refractivity contribution < 1.29 is 9.47 Å². The Morgan fingerprint density at radius 2 is 1.85 bits per heavy atom. The van der Waals surface area contributed by atoms with Crippen LogP contribution in [0.3, 0.4) is 0 Å². The first-order chi connectivity index (χ1) is 12.7. The van der Waals surface area contributed by atoms with Crippen molar-refractivity contribution in [3.8, 4) is 0 Å². The van der Waals surface area contributed by atoms with E-state index < -0.39 is 0 Å². The van der Waals surface area contributed by atoms with Gasteiger partial charge in [0, 0.05) is 27.3 Å². The molecular weight excluding hydrogens is 352 g/mol. The van der Waals surface area contributed by atoms with Gasteiger partial charge in [0.1, 0.15) is 12.0 Å². The van der Waals surface area contributed by atoms with E-state index in [4.69, 9.17) is 15.2 Å². The average Bonchev–Trinajstić information content (AvgIpc) is 3.06. The van der Waals surface area contributed by atoms with E-state index in [-0.39, 0.29) is 0 Å². The number of hydrogen-bond acceptors (Lipinski definition) is 9. The van der Waals surface area contributed by atoms with Crippen molar-refractivity contribution in [1.29, 1.82) is 0 Å². The minimum absolute atomic E-state index is 0.471. The lowest BCUT2D eigenvalue weighted by Crippen LogP contribution is -2.32. The molecule has 0 fully saturated rings. The summed E-state index contributed by atoms with van der Waals surface area (Å²) in [5.41, 5.74) is 7.75. The summed E-state index contributed by atoms with van der Waals surface area (Å²) in [7, 11) is 3.33. The van der Waals surface area contributed by atoms with Gasteiger partial charge in [0.15, 0.2) is 16.8 Å². The highest BCUT2D eigenvalue weighted by molar-refractivity contribution is 7.22. The molecule has 0 unspecified atom stereocenters. The van der Waals surface area contributed by atoms with Gasteiger partial charge < -0.3 is 25.4 Å². The number of benzene rings is 1. The highest BCUT2D eigenvalue weighted by Gasteiger charge is 2.16. The van der Waals surface area contributed by atoms with Crippen LogP contribution in [0.2, 0.25) is 0 Å². The molecule has 138 valence electrons. The van der Waals surface area contributed by atoms with Crippen molar-refractivity contribution in [3.63, 3.8) is 0 Å². The Balaban J connectivity index is 1.84. The molecule has 1 aromatic carbocycles. The van der Waals surface area contributed by atoms with Crippen LogP contribution < -0.4 is 16.0 Å². The third-order valence-corrected chi connectivity index (χ3v) is 4.76. The summed E-state index contributed by atoms with van der Waals surface area (Å²) in [5.74, 6) is 1.19. The monoisotopic (exact) mass is 374 g/mol. The lowest BCUT2D eigenvalue weighted by molar-refractivity contribution is 0.190. The minimum atomic E-state index is 0.471. The van der Waals surface area contributed by atoms with E-state index in [0.29, 0.717) is 43.6 Å². The summed E-state index contributed by atoms with van der Waals surface area (Å²) in [6, 6.07) is 7.96. The highest BCUT2D eigenvalue weighted by Crippen LogP contribution is 2.32. The van der Waals surface area contributed by atoms with Gasteiger partial charge in [-0.05, 0) is 12.1 Å². The Morgan fingerprint density at radius 3 is 2.54 bits per heavy atom. The van der Waals surface area contributed by atoms with Crippen LogP contribution in [0.15, 0.2) is 30.6 Å². The molecule has 2 heterocycles. The van der Waals surface area contributed by atoms with Crippen LogP contribution in [0.5, 0.6) is 0 Å². The van der Waals surface area contributed by atoms with E-state index in [0.717, 1.165) is 15.3 Å².